The molecule has 1 saturated heterocycles. The lowest BCUT2D eigenvalue weighted by Gasteiger charge is -2.52. The highest BCUT2D eigenvalue weighted by Crippen LogP contribution is 2.47. The maximum Gasteiger partial charge on any atom is 0.126 e. The first kappa shape index (κ1) is 13.0. The molecule has 4 heteroatoms. The Labute approximate surface area is 112 Å². The van der Waals surface area contributed by atoms with Crippen LogP contribution in [0, 0.1) is 11.6 Å². The summed E-state index contributed by atoms with van der Waals surface area (Å²) in [5.74, 6) is -1.08. The molecule has 1 aromatic carbocycles. The molecule has 0 radical (unpaired) electrons. The summed E-state index contributed by atoms with van der Waals surface area (Å²) in [4.78, 5) is 2.43. The highest BCUT2D eigenvalue weighted by Gasteiger charge is 2.48. The van der Waals surface area contributed by atoms with E-state index in [1.54, 1.807) is 0 Å². The number of benzene rings is 1. The van der Waals surface area contributed by atoms with Gasteiger partial charge in [0, 0.05) is 17.6 Å². The fourth-order valence-corrected chi connectivity index (χ4v) is 3.59. The molecule has 1 aliphatic carbocycles. The fraction of sp³-hybridized carbons (Fsp3) is 0.600. The first-order chi connectivity index (χ1) is 9.12. The number of nitrogens with two attached hydrogens (primary N) is 1. The van der Waals surface area contributed by atoms with Crippen LogP contribution in [0.25, 0.3) is 0 Å². The third-order valence-corrected chi connectivity index (χ3v) is 4.78. The average Bonchev–Trinajstić information content (AvgIpc) is 2.80. The molecule has 0 aromatic heterocycles. The van der Waals surface area contributed by atoms with Crippen molar-refractivity contribution in [2.45, 2.75) is 43.7 Å². The van der Waals surface area contributed by atoms with Gasteiger partial charge in [0.25, 0.3) is 0 Å². The standard InChI is InChI=1S/C15H20F2N2/c16-12-8-11(9-13(17)10-12)14(18)15(4-3-5-15)19-6-1-2-7-19/h8-10,14H,1-7,18H2. The number of hydrogen-bond donors (Lipinski definition) is 1. The van der Waals surface area contributed by atoms with Gasteiger partial charge in [-0.1, -0.05) is 0 Å². The monoisotopic (exact) mass is 266 g/mol. The van der Waals surface area contributed by atoms with Crippen LogP contribution in [0.1, 0.15) is 43.7 Å². The summed E-state index contributed by atoms with van der Waals surface area (Å²) in [5.41, 5.74) is 6.89. The molecule has 1 heterocycles. The van der Waals surface area contributed by atoms with Crippen molar-refractivity contribution in [3.05, 3.63) is 35.4 Å². The third-order valence-electron chi connectivity index (χ3n) is 4.78. The first-order valence-corrected chi connectivity index (χ1v) is 7.08. The molecule has 2 N–H and O–H groups in total. The molecule has 3 rings (SSSR count). The van der Waals surface area contributed by atoms with E-state index < -0.39 is 11.6 Å². The minimum atomic E-state index is -0.540. The Bertz CT molecular complexity index is 445. The molecule has 0 bridgehead atoms. The Balaban J connectivity index is 1.90. The maximum atomic E-state index is 13.4. The highest BCUT2D eigenvalue weighted by molar-refractivity contribution is 5.26. The van der Waals surface area contributed by atoms with E-state index in [9.17, 15) is 8.78 Å². The number of likely N-dealkylation sites (tertiary alicyclic amines) is 1. The van der Waals surface area contributed by atoms with Crippen LogP contribution in [0.5, 0.6) is 0 Å². The zero-order valence-electron chi connectivity index (χ0n) is 11.0. The van der Waals surface area contributed by atoms with Gasteiger partial charge in [-0.2, -0.15) is 0 Å². The molecule has 19 heavy (non-hydrogen) atoms. The molecule has 1 unspecified atom stereocenters. The van der Waals surface area contributed by atoms with Gasteiger partial charge in [0.15, 0.2) is 0 Å². The van der Waals surface area contributed by atoms with Crippen LogP contribution < -0.4 is 5.73 Å². The first-order valence-electron chi connectivity index (χ1n) is 7.08. The lowest BCUT2D eigenvalue weighted by atomic mass is 9.68. The maximum absolute atomic E-state index is 13.4. The van der Waals surface area contributed by atoms with E-state index in [0.717, 1.165) is 38.4 Å². The van der Waals surface area contributed by atoms with Gasteiger partial charge in [-0.25, -0.2) is 8.78 Å². The number of halogens is 2. The number of nitrogens with zero attached hydrogens (tertiary/aromatic N) is 1. The Morgan fingerprint density at radius 1 is 1.00 bits per heavy atom. The average molecular weight is 266 g/mol. The lowest BCUT2D eigenvalue weighted by Crippen LogP contribution is -2.58. The lowest BCUT2D eigenvalue weighted by molar-refractivity contribution is 0.0107. The highest BCUT2D eigenvalue weighted by atomic mass is 19.1. The predicted molar refractivity (Wildman–Crippen MR) is 70.7 cm³/mol. The van der Waals surface area contributed by atoms with E-state index in [2.05, 4.69) is 4.90 Å². The zero-order chi connectivity index (χ0) is 13.5. The largest absolute Gasteiger partial charge is 0.322 e. The van der Waals surface area contributed by atoms with Gasteiger partial charge in [-0.05, 0) is 62.9 Å². The molecule has 2 aliphatic rings. The van der Waals surface area contributed by atoms with Crippen LogP contribution in [-0.2, 0) is 0 Å². The molecular formula is C15H20F2N2. The van der Waals surface area contributed by atoms with Gasteiger partial charge in [0.1, 0.15) is 11.6 Å². The van der Waals surface area contributed by atoms with E-state index in [4.69, 9.17) is 5.73 Å². The van der Waals surface area contributed by atoms with E-state index in [0.29, 0.717) is 5.56 Å². The predicted octanol–water partition coefficient (Wildman–Crippen LogP) is 2.98. The summed E-state index contributed by atoms with van der Waals surface area (Å²) in [5, 5.41) is 0. The van der Waals surface area contributed by atoms with Crippen LogP contribution in [0.4, 0.5) is 8.78 Å². The van der Waals surface area contributed by atoms with Crippen LogP contribution in [0.2, 0.25) is 0 Å². The van der Waals surface area contributed by atoms with Crippen LogP contribution in [-0.4, -0.2) is 23.5 Å². The summed E-state index contributed by atoms with van der Waals surface area (Å²) in [6.45, 7) is 2.12. The van der Waals surface area contributed by atoms with Gasteiger partial charge in [-0.3, -0.25) is 4.90 Å². The number of hydrogen-bond acceptors (Lipinski definition) is 2. The van der Waals surface area contributed by atoms with Crippen molar-refractivity contribution in [1.29, 1.82) is 0 Å². The van der Waals surface area contributed by atoms with Crippen LogP contribution in [0.3, 0.4) is 0 Å². The van der Waals surface area contributed by atoms with Crippen LogP contribution >= 0.6 is 0 Å². The quantitative estimate of drug-likeness (QED) is 0.911. The third kappa shape index (κ3) is 2.17. The minimum absolute atomic E-state index is 0.0727. The molecule has 1 aromatic rings. The molecule has 0 amide bonds. The molecule has 2 fully saturated rings. The molecule has 0 spiro atoms. The van der Waals surface area contributed by atoms with Gasteiger partial charge >= 0.3 is 0 Å². The van der Waals surface area contributed by atoms with Crippen molar-refractivity contribution in [1.82, 2.24) is 4.90 Å². The summed E-state index contributed by atoms with van der Waals surface area (Å²) in [6.07, 6.45) is 5.62. The second kappa shape index (κ2) is 4.84. The van der Waals surface area contributed by atoms with Gasteiger partial charge in [0.2, 0.25) is 0 Å². The SMILES string of the molecule is NC(c1cc(F)cc(F)c1)C1(N2CCCC2)CCC1. The Kier molecular flexibility index (Phi) is 3.31. The van der Waals surface area contributed by atoms with Crippen molar-refractivity contribution < 1.29 is 8.78 Å². The summed E-state index contributed by atoms with van der Waals surface area (Å²) in [7, 11) is 0. The van der Waals surface area contributed by atoms with E-state index >= 15 is 0 Å². The second-order valence-corrected chi connectivity index (χ2v) is 5.83. The van der Waals surface area contributed by atoms with E-state index in [-0.39, 0.29) is 11.6 Å². The Morgan fingerprint density at radius 2 is 1.58 bits per heavy atom. The topological polar surface area (TPSA) is 29.3 Å². The van der Waals surface area contributed by atoms with Gasteiger partial charge in [-0.15, -0.1) is 0 Å². The normalized spacial score (nSPS) is 24.2. The van der Waals surface area contributed by atoms with Crippen molar-refractivity contribution >= 4 is 0 Å². The van der Waals surface area contributed by atoms with E-state index in [1.807, 2.05) is 0 Å². The molecule has 2 nitrogen and oxygen atoms in total. The summed E-state index contributed by atoms with van der Waals surface area (Å²) < 4.78 is 26.7. The Hall–Kier alpha value is -1.00. The smallest absolute Gasteiger partial charge is 0.126 e. The van der Waals surface area contributed by atoms with Gasteiger partial charge < -0.3 is 5.73 Å². The molecule has 1 atom stereocenters. The summed E-state index contributed by atoms with van der Waals surface area (Å²) in [6, 6.07) is 3.36. The zero-order valence-corrected chi connectivity index (χ0v) is 11.0. The summed E-state index contributed by atoms with van der Waals surface area (Å²) >= 11 is 0. The molecule has 1 saturated carbocycles. The van der Waals surface area contributed by atoms with Crippen molar-refractivity contribution in [2.75, 3.05) is 13.1 Å². The minimum Gasteiger partial charge on any atom is -0.322 e. The molecule has 104 valence electrons. The fourth-order valence-electron chi connectivity index (χ4n) is 3.59. The number of rotatable bonds is 3. The molecular weight excluding hydrogens is 246 g/mol. The Morgan fingerprint density at radius 3 is 2.05 bits per heavy atom. The van der Waals surface area contributed by atoms with Crippen molar-refractivity contribution in [3.63, 3.8) is 0 Å². The van der Waals surface area contributed by atoms with E-state index in [1.165, 1.54) is 25.0 Å². The van der Waals surface area contributed by atoms with Crippen LogP contribution in [0.15, 0.2) is 18.2 Å². The van der Waals surface area contributed by atoms with Crippen molar-refractivity contribution in [2.24, 2.45) is 5.73 Å². The second-order valence-electron chi connectivity index (χ2n) is 5.83. The van der Waals surface area contributed by atoms with Gasteiger partial charge in [0.05, 0.1) is 0 Å². The van der Waals surface area contributed by atoms with Crippen molar-refractivity contribution in [3.8, 4) is 0 Å². The molecule has 1 aliphatic heterocycles.